The third-order valence-electron chi connectivity index (χ3n) is 1.39. The fourth-order valence-corrected chi connectivity index (χ4v) is 0.856. The lowest BCUT2D eigenvalue weighted by atomic mass is 10.1. The predicted molar refractivity (Wildman–Crippen MR) is 38.8 cm³/mol. The van der Waals surface area contributed by atoms with Crippen LogP contribution < -0.4 is 0 Å². The second-order valence-electron chi connectivity index (χ2n) is 2.45. The number of aliphatic hydroxyl groups is 2. The second kappa shape index (κ2) is 5.65. The zero-order valence-electron chi connectivity index (χ0n) is 6.58. The van der Waals surface area contributed by atoms with E-state index in [0.717, 1.165) is 0 Å². The molecule has 0 amide bonds. The molecule has 0 radical (unpaired) electrons. The molecule has 0 unspecified atom stereocenters. The van der Waals surface area contributed by atoms with Gasteiger partial charge in [-0.1, -0.05) is 0 Å². The van der Waals surface area contributed by atoms with Crippen LogP contribution in [0.1, 0.15) is 19.8 Å². The van der Waals surface area contributed by atoms with Crippen LogP contribution in [0.3, 0.4) is 0 Å². The molecule has 0 heterocycles. The minimum atomic E-state index is -0.350. The molecule has 0 aromatic carbocycles. The SMILES string of the molecule is CO[C@@H](CCO)C[C@H](C)O. The molecule has 0 fully saturated rings. The van der Waals surface area contributed by atoms with Crippen LogP contribution in [-0.4, -0.2) is 36.1 Å². The molecule has 0 aliphatic rings. The summed E-state index contributed by atoms with van der Waals surface area (Å²) in [7, 11) is 1.59. The Morgan fingerprint density at radius 2 is 2.10 bits per heavy atom. The summed E-state index contributed by atoms with van der Waals surface area (Å²) in [6, 6.07) is 0. The molecule has 3 heteroatoms. The van der Waals surface area contributed by atoms with Crippen LogP contribution in [-0.2, 0) is 4.74 Å². The van der Waals surface area contributed by atoms with Gasteiger partial charge in [-0.05, 0) is 19.8 Å². The second-order valence-corrected chi connectivity index (χ2v) is 2.45. The summed E-state index contributed by atoms with van der Waals surface area (Å²) in [4.78, 5) is 0. The van der Waals surface area contributed by atoms with Gasteiger partial charge in [0, 0.05) is 13.7 Å². The topological polar surface area (TPSA) is 49.7 Å². The van der Waals surface area contributed by atoms with Gasteiger partial charge in [0.25, 0.3) is 0 Å². The number of ether oxygens (including phenoxy) is 1. The number of rotatable bonds is 5. The van der Waals surface area contributed by atoms with Crippen molar-refractivity contribution in [3.63, 3.8) is 0 Å². The number of hydrogen-bond donors (Lipinski definition) is 2. The predicted octanol–water partition coefficient (Wildman–Crippen LogP) is 0.155. The first-order chi connectivity index (χ1) is 4.70. The number of methoxy groups -OCH3 is 1. The smallest absolute Gasteiger partial charge is 0.0617 e. The van der Waals surface area contributed by atoms with Gasteiger partial charge >= 0.3 is 0 Å². The van der Waals surface area contributed by atoms with Crippen LogP contribution in [0.4, 0.5) is 0 Å². The van der Waals surface area contributed by atoms with Gasteiger partial charge < -0.3 is 14.9 Å². The summed E-state index contributed by atoms with van der Waals surface area (Å²) in [5, 5.41) is 17.4. The molecule has 0 saturated carbocycles. The van der Waals surface area contributed by atoms with Gasteiger partial charge in [0.15, 0.2) is 0 Å². The van der Waals surface area contributed by atoms with E-state index in [1.807, 2.05) is 0 Å². The fourth-order valence-electron chi connectivity index (χ4n) is 0.856. The Hall–Kier alpha value is -0.120. The molecule has 0 spiro atoms. The van der Waals surface area contributed by atoms with E-state index >= 15 is 0 Å². The van der Waals surface area contributed by atoms with Crippen LogP contribution in [0.2, 0.25) is 0 Å². The molecule has 0 bridgehead atoms. The highest BCUT2D eigenvalue weighted by Gasteiger charge is 2.08. The van der Waals surface area contributed by atoms with Gasteiger partial charge in [0.2, 0.25) is 0 Å². The van der Waals surface area contributed by atoms with E-state index in [-0.39, 0.29) is 18.8 Å². The van der Waals surface area contributed by atoms with E-state index < -0.39 is 0 Å². The van der Waals surface area contributed by atoms with Crippen molar-refractivity contribution < 1.29 is 14.9 Å². The Labute approximate surface area is 61.6 Å². The van der Waals surface area contributed by atoms with Gasteiger partial charge in [0.05, 0.1) is 12.2 Å². The number of aliphatic hydroxyl groups excluding tert-OH is 2. The van der Waals surface area contributed by atoms with E-state index in [0.29, 0.717) is 12.8 Å². The molecule has 0 saturated heterocycles. The third-order valence-corrected chi connectivity index (χ3v) is 1.39. The van der Waals surface area contributed by atoms with Crippen molar-refractivity contribution in [1.82, 2.24) is 0 Å². The van der Waals surface area contributed by atoms with E-state index in [4.69, 9.17) is 14.9 Å². The summed E-state index contributed by atoms with van der Waals surface area (Å²) in [5.74, 6) is 0. The highest BCUT2D eigenvalue weighted by molar-refractivity contribution is 4.60. The van der Waals surface area contributed by atoms with Crippen molar-refractivity contribution in [2.24, 2.45) is 0 Å². The van der Waals surface area contributed by atoms with Crippen LogP contribution in [0.25, 0.3) is 0 Å². The summed E-state index contributed by atoms with van der Waals surface area (Å²) in [6.07, 6.45) is 0.833. The standard InChI is InChI=1S/C7H16O3/c1-6(9)5-7(10-2)3-4-8/h6-9H,3-5H2,1-2H3/t6-,7-/m0/s1. The molecular formula is C7H16O3. The molecule has 0 aromatic rings. The van der Waals surface area contributed by atoms with E-state index in [9.17, 15) is 0 Å². The van der Waals surface area contributed by atoms with E-state index in [1.54, 1.807) is 14.0 Å². The molecule has 0 aliphatic carbocycles. The fraction of sp³-hybridized carbons (Fsp3) is 1.00. The largest absolute Gasteiger partial charge is 0.396 e. The summed E-state index contributed by atoms with van der Waals surface area (Å²) in [6.45, 7) is 1.83. The Morgan fingerprint density at radius 3 is 2.40 bits per heavy atom. The minimum Gasteiger partial charge on any atom is -0.396 e. The summed E-state index contributed by atoms with van der Waals surface area (Å²) in [5.41, 5.74) is 0. The van der Waals surface area contributed by atoms with Gasteiger partial charge in [-0.3, -0.25) is 0 Å². The first-order valence-electron chi connectivity index (χ1n) is 3.52. The minimum absolute atomic E-state index is 0.00926. The Morgan fingerprint density at radius 1 is 1.50 bits per heavy atom. The molecule has 62 valence electrons. The maximum absolute atomic E-state index is 8.92. The normalized spacial score (nSPS) is 16.8. The van der Waals surface area contributed by atoms with E-state index in [2.05, 4.69) is 0 Å². The van der Waals surface area contributed by atoms with Gasteiger partial charge in [-0.2, -0.15) is 0 Å². The van der Waals surface area contributed by atoms with Gasteiger partial charge in [0.1, 0.15) is 0 Å². The Kier molecular flexibility index (Phi) is 5.58. The summed E-state index contributed by atoms with van der Waals surface area (Å²) < 4.78 is 4.98. The van der Waals surface area contributed by atoms with Crippen LogP contribution in [0.15, 0.2) is 0 Å². The molecule has 0 aliphatic heterocycles. The van der Waals surface area contributed by atoms with Crippen molar-refractivity contribution in [2.45, 2.75) is 32.0 Å². The monoisotopic (exact) mass is 148 g/mol. The zero-order valence-corrected chi connectivity index (χ0v) is 6.58. The highest BCUT2D eigenvalue weighted by atomic mass is 16.5. The van der Waals surface area contributed by atoms with E-state index in [1.165, 1.54) is 0 Å². The van der Waals surface area contributed by atoms with Crippen molar-refractivity contribution in [2.75, 3.05) is 13.7 Å². The van der Waals surface area contributed by atoms with Crippen LogP contribution >= 0.6 is 0 Å². The summed E-state index contributed by atoms with van der Waals surface area (Å²) >= 11 is 0. The Bertz CT molecular complexity index is 73.3. The quantitative estimate of drug-likeness (QED) is 0.583. The van der Waals surface area contributed by atoms with Crippen molar-refractivity contribution in [3.8, 4) is 0 Å². The van der Waals surface area contributed by atoms with Crippen molar-refractivity contribution >= 4 is 0 Å². The van der Waals surface area contributed by atoms with Crippen molar-refractivity contribution in [3.05, 3.63) is 0 Å². The van der Waals surface area contributed by atoms with Crippen LogP contribution in [0.5, 0.6) is 0 Å². The molecule has 3 nitrogen and oxygen atoms in total. The highest BCUT2D eigenvalue weighted by Crippen LogP contribution is 2.04. The molecule has 2 atom stereocenters. The molecule has 2 N–H and O–H groups in total. The lowest BCUT2D eigenvalue weighted by Crippen LogP contribution is -2.18. The van der Waals surface area contributed by atoms with Gasteiger partial charge in [-0.15, -0.1) is 0 Å². The average molecular weight is 148 g/mol. The molecule has 0 aromatic heterocycles. The molecular weight excluding hydrogens is 132 g/mol. The molecule has 10 heavy (non-hydrogen) atoms. The first kappa shape index (κ1) is 9.88. The average Bonchev–Trinajstić information content (AvgIpc) is 1.86. The number of hydrogen-bond acceptors (Lipinski definition) is 3. The van der Waals surface area contributed by atoms with Crippen molar-refractivity contribution in [1.29, 1.82) is 0 Å². The van der Waals surface area contributed by atoms with Gasteiger partial charge in [-0.25, -0.2) is 0 Å². The van der Waals surface area contributed by atoms with Crippen LogP contribution in [0, 0.1) is 0 Å². The lowest BCUT2D eigenvalue weighted by molar-refractivity contribution is 0.0357. The Balaban J connectivity index is 3.39. The lowest BCUT2D eigenvalue weighted by Gasteiger charge is -2.14. The maximum atomic E-state index is 8.92. The zero-order chi connectivity index (χ0) is 7.98. The first-order valence-corrected chi connectivity index (χ1v) is 3.52. The molecule has 0 rings (SSSR count). The maximum Gasteiger partial charge on any atom is 0.0617 e. The third kappa shape index (κ3) is 4.73.